The Bertz CT molecular complexity index is 899. The average Bonchev–Trinajstić information content (AvgIpc) is 3.01. The van der Waals surface area contributed by atoms with Gasteiger partial charge < -0.3 is 5.32 Å². The summed E-state index contributed by atoms with van der Waals surface area (Å²) in [4.78, 5) is 30.1. The number of carbonyl (C=O) groups is 1. The molecule has 0 saturated heterocycles. The first-order valence-electron chi connectivity index (χ1n) is 7.44. The van der Waals surface area contributed by atoms with E-state index in [1.165, 1.54) is 15.7 Å². The number of amides is 1. The molecule has 6 heteroatoms. The fraction of sp³-hybridized carbons (Fsp3) is 0.235. The first kappa shape index (κ1) is 15.4. The number of rotatable bonds is 4. The Morgan fingerprint density at radius 2 is 2.09 bits per heavy atom. The molecule has 0 saturated carbocycles. The molecule has 0 radical (unpaired) electrons. The standard InChI is InChI=1S/C17H17N3O2S/c1-3-13(12-7-5-4-6-8-12)15(21)19-14-11(2)18-17-20(16(14)22)9-10-23-17/h4-10,13H,3H2,1-2H3,(H,19,21)/t13-/m1/s1. The van der Waals surface area contributed by atoms with Crippen LogP contribution in [0.2, 0.25) is 0 Å². The lowest BCUT2D eigenvalue weighted by atomic mass is 9.95. The number of nitrogens with zero attached hydrogens (tertiary/aromatic N) is 2. The highest BCUT2D eigenvalue weighted by Gasteiger charge is 2.21. The van der Waals surface area contributed by atoms with E-state index in [9.17, 15) is 9.59 Å². The Hall–Kier alpha value is -2.47. The summed E-state index contributed by atoms with van der Waals surface area (Å²) in [5.41, 5.74) is 1.48. The molecule has 1 amide bonds. The second-order valence-electron chi connectivity index (χ2n) is 5.29. The van der Waals surface area contributed by atoms with Crippen molar-refractivity contribution in [2.45, 2.75) is 26.2 Å². The van der Waals surface area contributed by atoms with E-state index in [2.05, 4.69) is 10.3 Å². The molecule has 5 nitrogen and oxygen atoms in total. The van der Waals surface area contributed by atoms with Crippen molar-refractivity contribution in [2.75, 3.05) is 5.32 Å². The van der Waals surface area contributed by atoms with E-state index in [0.29, 0.717) is 17.1 Å². The fourth-order valence-electron chi connectivity index (χ4n) is 2.59. The van der Waals surface area contributed by atoms with Crippen LogP contribution in [0.4, 0.5) is 5.69 Å². The van der Waals surface area contributed by atoms with Crippen molar-refractivity contribution in [3.05, 3.63) is 63.5 Å². The molecule has 1 N–H and O–H groups in total. The van der Waals surface area contributed by atoms with Crippen LogP contribution >= 0.6 is 11.3 Å². The van der Waals surface area contributed by atoms with E-state index in [1.54, 1.807) is 18.5 Å². The summed E-state index contributed by atoms with van der Waals surface area (Å²) < 4.78 is 1.46. The molecule has 0 fully saturated rings. The van der Waals surface area contributed by atoms with Gasteiger partial charge in [0.25, 0.3) is 5.56 Å². The number of thiazole rings is 1. The highest BCUT2D eigenvalue weighted by molar-refractivity contribution is 7.15. The molecule has 1 atom stereocenters. The van der Waals surface area contributed by atoms with E-state index >= 15 is 0 Å². The number of hydrogen-bond acceptors (Lipinski definition) is 4. The number of nitrogens with one attached hydrogen (secondary N) is 1. The van der Waals surface area contributed by atoms with Gasteiger partial charge in [0.1, 0.15) is 5.69 Å². The molecule has 0 bridgehead atoms. The Labute approximate surface area is 137 Å². The third kappa shape index (κ3) is 2.90. The molecule has 0 aliphatic heterocycles. The van der Waals surface area contributed by atoms with Gasteiger partial charge in [0.05, 0.1) is 11.6 Å². The maximum Gasteiger partial charge on any atom is 0.282 e. The first-order valence-corrected chi connectivity index (χ1v) is 8.32. The van der Waals surface area contributed by atoms with Crippen molar-refractivity contribution in [1.29, 1.82) is 0 Å². The molecule has 23 heavy (non-hydrogen) atoms. The third-order valence-electron chi connectivity index (χ3n) is 3.82. The Kier molecular flexibility index (Phi) is 4.25. The first-order chi connectivity index (χ1) is 11.1. The summed E-state index contributed by atoms with van der Waals surface area (Å²) in [7, 11) is 0. The number of aryl methyl sites for hydroxylation is 1. The van der Waals surface area contributed by atoms with Crippen molar-refractivity contribution in [2.24, 2.45) is 0 Å². The maximum atomic E-state index is 12.6. The van der Waals surface area contributed by atoms with E-state index in [1.807, 2.05) is 37.3 Å². The lowest BCUT2D eigenvalue weighted by Gasteiger charge is -2.16. The molecule has 2 aromatic heterocycles. The highest BCUT2D eigenvalue weighted by atomic mass is 32.1. The minimum atomic E-state index is -0.293. The largest absolute Gasteiger partial charge is 0.319 e. The highest BCUT2D eigenvalue weighted by Crippen LogP contribution is 2.21. The van der Waals surface area contributed by atoms with Crippen molar-refractivity contribution in [1.82, 2.24) is 9.38 Å². The van der Waals surface area contributed by atoms with Crippen LogP contribution in [0.25, 0.3) is 4.96 Å². The van der Waals surface area contributed by atoms with Crippen LogP contribution in [-0.4, -0.2) is 15.3 Å². The summed E-state index contributed by atoms with van der Waals surface area (Å²) in [6, 6.07) is 9.58. The normalized spacial score (nSPS) is 12.3. The average molecular weight is 327 g/mol. The summed E-state index contributed by atoms with van der Waals surface area (Å²) in [6.07, 6.45) is 2.32. The number of carbonyl (C=O) groups excluding carboxylic acids is 1. The van der Waals surface area contributed by atoms with Gasteiger partial charge >= 0.3 is 0 Å². The fourth-order valence-corrected chi connectivity index (χ4v) is 3.35. The summed E-state index contributed by atoms with van der Waals surface area (Å²) >= 11 is 1.39. The maximum absolute atomic E-state index is 12.6. The van der Waals surface area contributed by atoms with Crippen molar-refractivity contribution in [3.8, 4) is 0 Å². The molecular weight excluding hydrogens is 310 g/mol. The van der Waals surface area contributed by atoms with Crippen molar-refractivity contribution < 1.29 is 4.79 Å². The Morgan fingerprint density at radius 3 is 2.78 bits per heavy atom. The minimum absolute atomic E-state index is 0.184. The topological polar surface area (TPSA) is 63.5 Å². The second-order valence-corrected chi connectivity index (χ2v) is 6.17. The van der Waals surface area contributed by atoms with Crippen molar-refractivity contribution >= 4 is 27.9 Å². The zero-order valence-electron chi connectivity index (χ0n) is 12.9. The number of fused-ring (bicyclic) bond motifs is 1. The van der Waals surface area contributed by atoms with Crippen molar-refractivity contribution in [3.63, 3.8) is 0 Å². The zero-order chi connectivity index (χ0) is 16.4. The van der Waals surface area contributed by atoms with Crippen LogP contribution < -0.4 is 10.9 Å². The number of hydrogen-bond donors (Lipinski definition) is 1. The van der Waals surface area contributed by atoms with Crippen LogP contribution in [0.3, 0.4) is 0 Å². The van der Waals surface area contributed by atoms with E-state index in [0.717, 1.165) is 5.56 Å². The van der Waals surface area contributed by atoms with Crippen LogP contribution in [0.15, 0.2) is 46.7 Å². The minimum Gasteiger partial charge on any atom is -0.319 e. The third-order valence-corrected chi connectivity index (χ3v) is 4.58. The van der Waals surface area contributed by atoms with Gasteiger partial charge in [-0.1, -0.05) is 37.3 Å². The van der Waals surface area contributed by atoms with E-state index in [-0.39, 0.29) is 23.1 Å². The summed E-state index contributed by atoms with van der Waals surface area (Å²) in [5.74, 6) is -0.478. The summed E-state index contributed by atoms with van der Waals surface area (Å²) in [6.45, 7) is 3.69. The molecule has 0 aliphatic rings. The zero-order valence-corrected chi connectivity index (χ0v) is 13.8. The van der Waals surface area contributed by atoms with Crippen LogP contribution in [0.5, 0.6) is 0 Å². The predicted molar refractivity (Wildman–Crippen MR) is 92.2 cm³/mol. The van der Waals surface area contributed by atoms with E-state index in [4.69, 9.17) is 0 Å². The molecule has 3 aromatic rings. The van der Waals surface area contributed by atoms with Gasteiger partial charge in [0.15, 0.2) is 4.96 Å². The van der Waals surface area contributed by atoms with Crippen LogP contribution in [0, 0.1) is 6.92 Å². The molecule has 1 aromatic carbocycles. The summed E-state index contributed by atoms with van der Waals surface area (Å²) in [5, 5.41) is 4.58. The molecule has 2 heterocycles. The van der Waals surface area contributed by atoms with Gasteiger partial charge in [-0.2, -0.15) is 0 Å². The number of benzene rings is 1. The molecule has 3 rings (SSSR count). The van der Waals surface area contributed by atoms with Gasteiger partial charge in [0.2, 0.25) is 5.91 Å². The number of aromatic nitrogens is 2. The molecule has 0 unspecified atom stereocenters. The monoisotopic (exact) mass is 327 g/mol. The molecule has 0 aliphatic carbocycles. The van der Waals surface area contributed by atoms with Crippen LogP contribution in [-0.2, 0) is 4.79 Å². The molecule has 118 valence electrons. The number of anilines is 1. The van der Waals surface area contributed by atoms with Gasteiger partial charge in [-0.3, -0.25) is 14.0 Å². The predicted octanol–water partition coefficient (Wildman–Crippen LogP) is 3.20. The lowest BCUT2D eigenvalue weighted by Crippen LogP contribution is -2.27. The Balaban J connectivity index is 1.95. The molecular formula is C17H17N3O2S. The second kappa shape index (κ2) is 6.34. The smallest absolute Gasteiger partial charge is 0.282 e. The van der Waals surface area contributed by atoms with Gasteiger partial charge in [-0.25, -0.2) is 4.98 Å². The quantitative estimate of drug-likeness (QED) is 0.800. The molecule has 0 spiro atoms. The lowest BCUT2D eigenvalue weighted by molar-refractivity contribution is -0.117. The Morgan fingerprint density at radius 1 is 1.35 bits per heavy atom. The van der Waals surface area contributed by atoms with Gasteiger partial charge in [-0.05, 0) is 18.9 Å². The van der Waals surface area contributed by atoms with E-state index < -0.39 is 0 Å². The SMILES string of the molecule is CC[C@@H](C(=O)Nc1c(C)nc2sccn2c1=O)c1ccccc1. The van der Waals surface area contributed by atoms with Crippen LogP contribution in [0.1, 0.15) is 30.5 Å². The van der Waals surface area contributed by atoms with Gasteiger partial charge in [0, 0.05) is 11.6 Å². The van der Waals surface area contributed by atoms with Gasteiger partial charge in [-0.15, -0.1) is 11.3 Å².